The summed E-state index contributed by atoms with van der Waals surface area (Å²) in [5.41, 5.74) is 0. The maximum Gasteiger partial charge on any atom is 0.220 e. The summed E-state index contributed by atoms with van der Waals surface area (Å²) in [6.45, 7) is 2.71. The molecule has 2 fully saturated rings. The van der Waals surface area contributed by atoms with Gasteiger partial charge in [-0.05, 0) is 96.3 Å². The summed E-state index contributed by atoms with van der Waals surface area (Å²) in [5, 5.41) is 87.8. The van der Waals surface area contributed by atoms with Crippen molar-refractivity contribution in [2.45, 2.75) is 441 Å². The van der Waals surface area contributed by atoms with E-state index >= 15 is 0 Å². The van der Waals surface area contributed by atoms with Crippen LogP contribution in [0.5, 0.6) is 0 Å². The molecule has 1 amide bonds. The summed E-state index contributed by atoms with van der Waals surface area (Å²) in [5.74, 6) is -0.249. The first-order valence-electron chi connectivity index (χ1n) is 43.6. The van der Waals surface area contributed by atoms with E-state index in [1.54, 1.807) is 6.08 Å². The van der Waals surface area contributed by atoms with E-state index in [2.05, 4.69) is 116 Å². The lowest BCUT2D eigenvalue weighted by atomic mass is 9.97. The summed E-state index contributed by atoms with van der Waals surface area (Å²) in [6.07, 6.45) is 90.6. The Hall–Kier alpha value is -3.35. The van der Waals surface area contributed by atoms with Crippen LogP contribution in [0.15, 0.2) is 109 Å². The zero-order chi connectivity index (χ0) is 75.8. The van der Waals surface area contributed by atoms with Crippen LogP contribution >= 0.6 is 0 Å². The molecule has 0 aromatic rings. The normalized spacial score (nSPS) is 21.9. The molecule has 14 nitrogen and oxygen atoms in total. The van der Waals surface area contributed by atoms with Crippen molar-refractivity contribution in [2.24, 2.45) is 0 Å². The van der Waals surface area contributed by atoms with Gasteiger partial charge in [0.05, 0.1) is 32.0 Å². The van der Waals surface area contributed by atoms with Crippen molar-refractivity contribution in [3.8, 4) is 0 Å². The van der Waals surface area contributed by atoms with Gasteiger partial charge in [0.2, 0.25) is 5.91 Å². The number of carbonyl (C=O) groups is 1. The van der Waals surface area contributed by atoms with E-state index in [4.69, 9.17) is 18.9 Å². The Bertz CT molecular complexity index is 2190. The Labute approximate surface area is 642 Å². The van der Waals surface area contributed by atoms with E-state index in [0.29, 0.717) is 12.8 Å². The molecule has 0 aliphatic carbocycles. The third-order valence-corrected chi connectivity index (χ3v) is 20.7. The van der Waals surface area contributed by atoms with E-state index in [-0.39, 0.29) is 18.9 Å². The lowest BCUT2D eigenvalue weighted by molar-refractivity contribution is -0.359. The Morgan fingerprint density at radius 2 is 0.667 bits per heavy atom. The number of amides is 1. The zero-order valence-corrected chi connectivity index (χ0v) is 67.0. The summed E-state index contributed by atoms with van der Waals surface area (Å²) >= 11 is 0. The molecule has 9 N–H and O–H groups in total. The molecule has 2 heterocycles. The summed E-state index contributed by atoms with van der Waals surface area (Å²) in [4.78, 5) is 13.4. The van der Waals surface area contributed by atoms with Crippen LogP contribution < -0.4 is 5.32 Å². The van der Waals surface area contributed by atoms with Crippen LogP contribution in [0.2, 0.25) is 0 Å². The molecule has 0 spiro atoms. The molecule has 14 heteroatoms. The molecule has 12 atom stereocenters. The van der Waals surface area contributed by atoms with Gasteiger partial charge in [-0.15, -0.1) is 0 Å². The van der Waals surface area contributed by atoms with Gasteiger partial charge >= 0.3 is 0 Å². The second-order valence-electron chi connectivity index (χ2n) is 30.3. The second kappa shape index (κ2) is 73.5. The number of carbonyl (C=O) groups excluding carboxylic acids is 1. The minimum atomic E-state index is -1.80. The third-order valence-electron chi connectivity index (χ3n) is 20.7. The molecule has 0 radical (unpaired) electrons. The number of hydrogen-bond donors (Lipinski definition) is 9. The second-order valence-corrected chi connectivity index (χ2v) is 30.3. The van der Waals surface area contributed by atoms with Gasteiger partial charge in [-0.25, -0.2) is 0 Å². The highest BCUT2D eigenvalue weighted by molar-refractivity contribution is 5.76. The number of aliphatic hydroxyl groups excluding tert-OH is 8. The van der Waals surface area contributed by atoms with Crippen LogP contribution in [0.4, 0.5) is 0 Å². The maximum atomic E-state index is 13.4. The number of ether oxygens (including phenoxy) is 4. The van der Waals surface area contributed by atoms with E-state index in [1.165, 1.54) is 250 Å². The van der Waals surface area contributed by atoms with Gasteiger partial charge in [0.1, 0.15) is 48.8 Å². The van der Waals surface area contributed by atoms with E-state index in [0.717, 1.165) is 83.5 Å². The van der Waals surface area contributed by atoms with Crippen molar-refractivity contribution < 1.29 is 64.6 Å². The van der Waals surface area contributed by atoms with Crippen molar-refractivity contribution in [1.82, 2.24) is 5.32 Å². The number of allylic oxidation sites excluding steroid dienone is 17. The first-order valence-corrected chi connectivity index (χ1v) is 43.6. The fourth-order valence-electron chi connectivity index (χ4n) is 13.9. The highest BCUT2D eigenvalue weighted by Crippen LogP contribution is 2.30. The van der Waals surface area contributed by atoms with Crippen LogP contribution in [0.1, 0.15) is 367 Å². The van der Waals surface area contributed by atoms with Gasteiger partial charge in [-0.3, -0.25) is 4.79 Å². The molecule has 105 heavy (non-hydrogen) atoms. The van der Waals surface area contributed by atoms with Gasteiger partial charge in [-0.2, -0.15) is 0 Å². The predicted molar refractivity (Wildman–Crippen MR) is 438 cm³/mol. The standard InChI is InChI=1S/C91H161NO13/c1-3-5-7-9-11-13-15-17-19-21-23-25-27-29-31-33-35-36-37-38-39-40-41-42-43-44-45-47-49-51-53-55-57-59-61-63-65-67-69-71-73-75-83(96)92-79(78-102-90-88(101)86(99)89(82(77-94)104-90)105-91-87(100)85(98)84(97)81(76-93)103-91)80(95)74-72-70-68-66-64-62-60-58-56-54-52-50-48-46-34-32-30-28-26-24-22-20-18-16-14-12-10-8-6-4-2/h5,7,11,13,17,19,23,25,29,31,35-36,56,58,64,66,72,74,79-82,84-91,93-95,97-101H,3-4,6,8-10,12,14-16,18,20-22,24,26-28,30,32-34,37-55,57,59-63,65,67-71,73,75-78H2,1-2H3,(H,92,96)/b7-5-,13-11-,19-17-,25-23-,31-29-,36-35-,58-56+,66-64+,74-72+. The molecular weight excluding hydrogens is 1310 g/mol. The molecule has 2 aliphatic heterocycles. The Kier molecular flexibility index (Phi) is 68.4. The van der Waals surface area contributed by atoms with Crippen molar-refractivity contribution in [3.63, 3.8) is 0 Å². The number of unbranched alkanes of at least 4 members (excludes halogenated alkanes) is 44. The largest absolute Gasteiger partial charge is 0.394 e. The molecule has 0 aromatic heterocycles. The quantitative estimate of drug-likeness (QED) is 0.0204. The molecule has 2 rings (SSSR count). The van der Waals surface area contributed by atoms with E-state index < -0.39 is 86.8 Å². The van der Waals surface area contributed by atoms with Gasteiger partial charge in [0.15, 0.2) is 12.6 Å². The molecule has 2 saturated heterocycles. The highest BCUT2D eigenvalue weighted by atomic mass is 16.7. The average Bonchev–Trinajstić information content (AvgIpc) is 0.769. The lowest BCUT2D eigenvalue weighted by Gasteiger charge is -2.46. The average molecular weight is 1480 g/mol. The SMILES string of the molecule is CC/C=C\C/C=C\C/C=C\C/C=C\C/C=C\C/C=C\CCCCCCCCCCCCCCCCCCCCCCCCC(=O)NC(COC1OC(CO)C(OC2OC(CO)C(O)C(O)C2O)C(O)C1O)C(O)/C=C/CC/C=C/CC/C=C/CCCCCCCCCCCCCCCCCCCCCC. The minimum absolute atomic E-state index is 0.249. The van der Waals surface area contributed by atoms with Crippen molar-refractivity contribution in [2.75, 3.05) is 19.8 Å². The van der Waals surface area contributed by atoms with Crippen LogP contribution in [0, 0.1) is 0 Å². The summed E-state index contributed by atoms with van der Waals surface area (Å²) in [7, 11) is 0. The topological polar surface area (TPSA) is 228 Å². The fourth-order valence-corrected chi connectivity index (χ4v) is 13.9. The number of hydrogen-bond acceptors (Lipinski definition) is 13. The molecular formula is C91H161NO13. The van der Waals surface area contributed by atoms with Gasteiger partial charge in [-0.1, -0.05) is 374 Å². The van der Waals surface area contributed by atoms with Crippen molar-refractivity contribution in [3.05, 3.63) is 109 Å². The van der Waals surface area contributed by atoms with Gasteiger partial charge in [0.25, 0.3) is 0 Å². The first-order chi connectivity index (χ1) is 51.6. The Balaban J connectivity index is 1.59. The van der Waals surface area contributed by atoms with Crippen LogP contribution in [-0.2, 0) is 23.7 Å². The molecule has 12 unspecified atom stereocenters. The molecule has 2 aliphatic rings. The van der Waals surface area contributed by atoms with Gasteiger partial charge in [0, 0.05) is 6.42 Å². The monoisotopic (exact) mass is 1480 g/mol. The smallest absolute Gasteiger partial charge is 0.220 e. The predicted octanol–water partition coefficient (Wildman–Crippen LogP) is 21.0. The first kappa shape index (κ1) is 97.7. The van der Waals surface area contributed by atoms with Crippen LogP contribution in [0.25, 0.3) is 0 Å². The fraction of sp³-hybridized carbons (Fsp3) is 0.791. The molecule has 0 saturated carbocycles. The third kappa shape index (κ3) is 55.7. The number of nitrogens with one attached hydrogen (secondary N) is 1. The molecule has 0 bridgehead atoms. The Morgan fingerprint density at radius 1 is 0.352 bits per heavy atom. The van der Waals surface area contributed by atoms with Crippen LogP contribution in [-0.4, -0.2) is 140 Å². The van der Waals surface area contributed by atoms with E-state index in [1.807, 2.05) is 6.08 Å². The maximum absolute atomic E-state index is 13.4. The highest BCUT2D eigenvalue weighted by Gasteiger charge is 2.51. The summed E-state index contributed by atoms with van der Waals surface area (Å²) < 4.78 is 22.9. The summed E-state index contributed by atoms with van der Waals surface area (Å²) in [6, 6.07) is -0.944. The zero-order valence-electron chi connectivity index (χ0n) is 67.0. The van der Waals surface area contributed by atoms with E-state index in [9.17, 15) is 45.6 Å². The molecule has 608 valence electrons. The molecule has 0 aromatic carbocycles. The Morgan fingerprint density at radius 3 is 1.05 bits per heavy atom. The number of aliphatic hydroxyl groups is 8. The minimum Gasteiger partial charge on any atom is -0.394 e. The van der Waals surface area contributed by atoms with Gasteiger partial charge < -0.3 is 65.1 Å². The number of rotatable bonds is 73. The van der Waals surface area contributed by atoms with Crippen molar-refractivity contribution >= 4 is 5.91 Å². The van der Waals surface area contributed by atoms with Crippen molar-refractivity contribution in [1.29, 1.82) is 0 Å². The lowest BCUT2D eigenvalue weighted by Crippen LogP contribution is -2.65. The van der Waals surface area contributed by atoms with Crippen LogP contribution in [0.3, 0.4) is 0 Å².